The number of nitrogens with one attached hydrogen (secondary N) is 1. The molecule has 1 aliphatic carbocycles. The lowest BCUT2D eigenvalue weighted by Crippen LogP contribution is -2.32. The summed E-state index contributed by atoms with van der Waals surface area (Å²) >= 11 is 0. The molecule has 0 unspecified atom stereocenters. The van der Waals surface area contributed by atoms with Gasteiger partial charge in [-0.05, 0) is 61.8 Å². The highest BCUT2D eigenvalue weighted by molar-refractivity contribution is 7.92. The van der Waals surface area contributed by atoms with Crippen molar-refractivity contribution in [2.24, 2.45) is 0 Å². The minimum atomic E-state index is -3.65. The largest absolute Gasteiger partial charge is 0.350 e. The Morgan fingerprint density at radius 3 is 2.56 bits per heavy atom. The van der Waals surface area contributed by atoms with Crippen LogP contribution < -0.4 is 9.62 Å². The minimum Gasteiger partial charge on any atom is -0.350 e. The van der Waals surface area contributed by atoms with E-state index in [4.69, 9.17) is 0 Å². The Kier molecular flexibility index (Phi) is 7.50. The van der Waals surface area contributed by atoms with Crippen LogP contribution in [0, 0.1) is 10.1 Å². The number of fused-ring (bicyclic) bond motifs is 1. The van der Waals surface area contributed by atoms with Gasteiger partial charge in [0, 0.05) is 25.1 Å². The van der Waals surface area contributed by atoms with Crippen LogP contribution in [0.15, 0.2) is 42.5 Å². The summed E-state index contributed by atoms with van der Waals surface area (Å²) in [6, 6.07) is 11.7. The quantitative estimate of drug-likeness (QED) is 0.452. The first kappa shape index (κ1) is 23.7. The first-order valence-corrected chi connectivity index (χ1v) is 12.6. The molecule has 0 spiro atoms. The molecule has 3 rings (SSSR count). The molecule has 0 aromatic heterocycles. The molecule has 2 aromatic carbocycles. The van der Waals surface area contributed by atoms with Crippen LogP contribution >= 0.6 is 0 Å². The summed E-state index contributed by atoms with van der Waals surface area (Å²) < 4.78 is 25.5. The monoisotopic (exact) mass is 459 g/mol. The molecule has 1 amide bonds. The fourth-order valence-corrected chi connectivity index (χ4v) is 5.01. The lowest BCUT2D eigenvalue weighted by Gasteiger charge is -2.22. The number of anilines is 1. The summed E-state index contributed by atoms with van der Waals surface area (Å²) in [4.78, 5) is 22.9. The highest BCUT2D eigenvalue weighted by Gasteiger charge is 2.20. The van der Waals surface area contributed by atoms with E-state index in [1.165, 1.54) is 48.2 Å². The van der Waals surface area contributed by atoms with Gasteiger partial charge in [0.05, 0.1) is 22.9 Å². The van der Waals surface area contributed by atoms with E-state index < -0.39 is 14.9 Å². The number of hydrogen-bond donors (Lipinski definition) is 1. The summed E-state index contributed by atoms with van der Waals surface area (Å²) in [7, 11) is -3.65. The Morgan fingerprint density at radius 2 is 1.88 bits per heavy atom. The topological polar surface area (TPSA) is 110 Å². The number of benzene rings is 2. The van der Waals surface area contributed by atoms with Crippen molar-refractivity contribution in [3.05, 3.63) is 69.3 Å². The number of amides is 1. The van der Waals surface area contributed by atoms with Gasteiger partial charge in [0.15, 0.2) is 0 Å². The van der Waals surface area contributed by atoms with Crippen molar-refractivity contribution < 1.29 is 18.1 Å². The Balaban J connectivity index is 1.58. The maximum Gasteiger partial charge on any atom is 0.271 e. The number of hydrogen-bond acceptors (Lipinski definition) is 5. The van der Waals surface area contributed by atoms with E-state index in [1.54, 1.807) is 0 Å². The molecule has 0 saturated heterocycles. The Hall–Kier alpha value is -2.94. The zero-order valence-electron chi connectivity index (χ0n) is 18.4. The second-order valence-electron chi connectivity index (χ2n) is 8.24. The van der Waals surface area contributed by atoms with Gasteiger partial charge in [-0.3, -0.25) is 19.2 Å². The third kappa shape index (κ3) is 6.06. The molecule has 0 fully saturated rings. The van der Waals surface area contributed by atoms with Crippen LogP contribution in [-0.4, -0.2) is 32.0 Å². The molecular weight excluding hydrogens is 430 g/mol. The number of non-ortho nitro benzene ring substituents is 1. The van der Waals surface area contributed by atoms with E-state index in [9.17, 15) is 23.3 Å². The predicted octanol–water partition coefficient (Wildman–Crippen LogP) is 3.90. The lowest BCUT2D eigenvalue weighted by atomic mass is 9.89. The molecule has 2 aromatic rings. The van der Waals surface area contributed by atoms with Gasteiger partial charge < -0.3 is 5.32 Å². The average molecular weight is 460 g/mol. The van der Waals surface area contributed by atoms with E-state index >= 15 is 0 Å². The van der Waals surface area contributed by atoms with E-state index in [2.05, 4.69) is 23.5 Å². The van der Waals surface area contributed by atoms with Crippen molar-refractivity contribution in [2.75, 3.05) is 17.1 Å². The van der Waals surface area contributed by atoms with Crippen molar-refractivity contribution >= 4 is 27.3 Å². The van der Waals surface area contributed by atoms with E-state index in [0.29, 0.717) is 6.42 Å². The normalized spacial score (nSPS) is 14.3. The van der Waals surface area contributed by atoms with Crippen LogP contribution in [0.2, 0.25) is 0 Å². The molecule has 1 atom stereocenters. The molecule has 0 bridgehead atoms. The number of rotatable bonds is 9. The fraction of sp³-hybridized carbons (Fsp3) is 0.435. The number of nitro benzene ring substituents is 1. The molecule has 9 heteroatoms. The van der Waals surface area contributed by atoms with Gasteiger partial charge in [-0.2, -0.15) is 0 Å². The minimum absolute atomic E-state index is 0.0562. The van der Waals surface area contributed by atoms with Crippen LogP contribution in [0.5, 0.6) is 0 Å². The molecule has 0 heterocycles. The number of sulfonamides is 1. The average Bonchev–Trinajstić information content (AvgIpc) is 2.75. The molecule has 1 aliphatic rings. The van der Waals surface area contributed by atoms with Crippen molar-refractivity contribution in [3.63, 3.8) is 0 Å². The standard InChI is InChI=1S/C23H29N3O5S/c1-17(19-13-12-18-7-3-4-8-20(18)15-19)24-23(27)11-6-14-25(32(2,30)31)21-9-5-10-22(16-21)26(28)29/h5,9-10,12-13,15-17H,3-4,6-8,11,14H2,1-2H3,(H,24,27)/t17-/m1/s1. The number of carbonyl (C=O) groups excluding carboxylic acids is 1. The maximum atomic E-state index is 12.5. The Morgan fingerprint density at radius 1 is 1.16 bits per heavy atom. The number of aryl methyl sites for hydroxylation is 2. The molecule has 1 N–H and O–H groups in total. The van der Waals surface area contributed by atoms with Gasteiger partial charge in [0.1, 0.15) is 0 Å². The van der Waals surface area contributed by atoms with Gasteiger partial charge in [0.25, 0.3) is 5.69 Å². The first-order chi connectivity index (χ1) is 15.1. The van der Waals surface area contributed by atoms with Gasteiger partial charge >= 0.3 is 0 Å². The van der Waals surface area contributed by atoms with E-state index in [1.807, 2.05) is 6.92 Å². The van der Waals surface area contributed by atoms with Crippen molar-refractivity contribution in [1.82, 2.24) is 5.32 Å². The smallest absolute Gasteiger partial charge is 0.271 e. The molecular formula is C23H29N3O5S. The number of carbonyl (C=O) groups is 1. The second kappa shape index (κ2) is 10.1. The third-order valence-corrected chi connectivity index (χ3v) is 6.94. The summed E-state index contributed by atoms with van der Waals surface area (Å²) in [5.74, 6) is -0.164. The second-order valence-corrected chi connectivity index (χ2v) is 10.1. The predicted molar refractivity (Wildman–Crippen MR) is 124 cm³/mol. The van der Waals surface area contributed by atoms with Crippen LogP contribution in [0.4, 0.5) is 11.4 Å². The highest BCUT2D eigenvalue weighted by atomic mass is 32.2. The first-order valence-electron chi connectivity index (χ1n) is 10.8. The molecule has 8 nitrogen and oxygen atoms in total. The van der Waals surface area contributed by atoms with Gasteiger partial charge in [-0.1, -0.05) is 24.3 Å². The van der Waals surface area contributed by atoms with Crippen molar-refractivity contribution in [1.29, 1.82) is 0 Å². The van der Waals surface area contributed by atoms with Crippen molar-refractivity contribution in [3.8, 4) is 0 Å². The zero-order valence-corrected chi connectivity index (χ0v) is 19.2. The summed E-state index contributed by atoms with van der Waals surface area (Å²) in [6.45, 7) is 2.00. The van der Waals surface area contributed by atoms with Gasteiger partial charge in [-0.15, -0.1) is 0 Å². The highest BCUT2D eigenvalue weighted by Crippen LogP contribution is 2.25. The SMILES string of the molecule is C[C@@H](NC(=O)CCCN(c1cccc([N+](=O)[O-])c1)S(C)(=O)=O)c1ccc2c(c1)CCCC2. The van der Waals surface area contributed by atoms with Crippen molar-refractivity contribution in [2.45, 2.75) is 51.5 Å². The summed E-state index contributed by atoms with van der Waals surface area (Å²) in [5, 5.41) is 14.0. The molecule has 32 heavy (non-hydrogen) atoms. The van der Waals surface area contributed by atoms with E-state index in [0.717, 1.165) is 29.0 Å². The van der Waals surface area contributed by atoms with Crippen LogP contribution in [0.25, 0.3) is 0 Å². The van der Waals surface area contributed by atoms with Crippen LogP contribution in [0.3, 0.4) is 0 Å². The number of nitrogens with zero attached hydrogens (tertiary/aromatic N) is 2. The maximum absolute atomic E-state index is 12.5. The van der Waals surface area contributed by atoms with Gasteiger partial charge in [-0.25, -0.2) is 8.42 Å². The van der Waals surface area contributed by atoms with Crippen LogP contribution in [0.1, 0.15) is 55.3 Å². The molecule has 0 radical (unpaired) electrons. The third-order valence-electron chi connectivity index (χ3n) is 5.74. The molecule has 172 valence electrons. The Bertz CT molecular complexity index is 1100. The summed E-state index contributed by atoms with van der Waals surface area (Å²) in [6.07, 6.45) is 6.08. The van der Waals surface area contributed by atoms with Gasteiger partial charge in [0.2, 0.25) is 15.9 Å². The lowest BCUT2D eigenvalue weighted by molar-refractivity contribution is -0.384. The Labute approximate surface area is 188 Å². The molecule has 0 aliphatic heterocycles. The van der Waals surface area contributed by atoms with E-state index in [-0.39, 0.29) is 36.3 Å². The summed E-state index contributed by atoms with van der Waals surface area (Å²) in [5.41, 5.74) is 3.83. The number of nitro groups is 1. The fourth-order valence-electron chi connectivity index (χ4n) is 4.05. The molecule has 0 saturated carbocycles. The zero-order chi connectivity index (χ0) is 23.3. The van der Waals surface area contributed by atoms with Crippen LogP contribution in [-0.2, 0) is 27.7 Å².